The maximum Gasteiger partial charge on any atom is 0.0835 e. The van der Waals surface area contributed by atoms with Gasteiger partial charge in [-0.05, 0) is 12.8 Å². The quantitative estimate of drug-likeness (QED) is 0.320. The van der Waals surface area contributed by atoms with Crippen LogP contribution in [-0.4, -0.2) is 37.6 Å². The van der Waals surface area contributed by atoms with Crippen molar-refractivity contribution in [2.24, 2.45) is 0 Å². The molecule has 0 radical (unpaired) electrons. The Morgan fingerprint density at radius 1 is 0.727 bits per heavy atom. The minimum Gasteiger partial charge on any atom is -0.550 e. The zero-order chi connectivity index (χ0) is 16.7. The third-order valence-electron chi connectivity index (χ3n) is 4.54. The van der Waals surface area contributed by atoms with Crippen molar-refractivity contribution in [2.75, 3.05) is 27.2 Å². The average molecular weight is 314 g/mol. The van der Waals surface area contributed by atoms with E-state index in [-0.39, 0.29) is 6.42 Å². The van der Waals surface area contributed by atoms with E-state index >= 15 is 0 Å². The topological polar surface area (TPSA) is 40.1 Å². The van der Waals surface area contributed by atoms with Gasteiger partial charge in [0.25, 0.3) is 0 Å². The van der Waals surface area contributed by atoms with Gasteiger partial charge in [-0.25, -0.2) is 0 Å². The molecule has 0 rings (SSSR count). The van der Waals surface area contributed by atoms with Gasteiger partial charge in [0.2, 0.25) is 0 Å². The van der Waals surface area contributed by atoms with Gasteiger partial charge in [0, 0.05) is 12.4 Å². The maximum atomic E-state index is 10.5. The molecule has 0 saturated heterocycles. The van der Waals surface area contributed by atoms with Crippen LogP contribution in [0.3, 0.4) is 0 Å². The molecule has 0 aromatic carbocycles. The van der Waals surface area contributed by atoms with Crippen molar-refractivity contribution >= 4 is 5.97 Å². The number of carboxylic acids is 1. The van der Waals surface area contributed by atoms with Crippen LogP contribution in [0.25, 0.3) is 0 Å². The molecule has 3 nitrogen and oxygen atoms in total. The molecule has 0 unspecified atom stereocenters. The van der Waals surface area contributed by atoms with Gasteiger partial charge in [0.1, 0.15) is 0 Å². The Bertz CT molecular complexity index is 264. The van der Waals surface area contributed by atoms with Gasteiger partial charge < -0.3 is 14.4 Å². The van der Waals surface area contributed by atoms with Gasteiger partial charge in [-0.2, -0.15) is 0 Å². The van der Waals surface area contributed by atoms with E-state index in [2.05, 4.69) is 21.0 Å². The fourth-order valence-electron chi connectivity index (χ4n) is 2.89. The Kier molecular flexibility index (Phi) is 13.7. The summed E-state index contributed by atoms with van der Waals surface area (Å²) in [4.78, 5) is 10.5. The predicted molar refractivity (Wildman–Crippen MR) is 92.5 cm³/mol. The highest BCUT2D eigenvalue weighted by Gasteiger charge is 2.13. The largest absolute Gasteiger partial charge is 0.550 e. The number of carbonyl (C=O) groups is 1. The molecule has 0 aliphatic heterocycles. The molecular formula is C19H39NO2. The zero-order valence-electron chi connectivity index (χ0n) is 15.4. The van der Waals surface area contributed by atoms with Crippen molar-refractivity contribution in [3.05, 3.63) is 0 Å². The van der Waals surface area contributed by atoms with Crippen molar-refractivity contribution in [1.82, 2.24) is 0 Å². The van der Waals surface area contributed by atoms with Crippen LogP contribution in [0.4, 0.5) is 0 Å². The lowest BCUT2D eigenvalue weighted by atomic mass is 10.1. The second-order valence-electron chi connectivity index (χ2n) is 7.39. The first-order chi connectivity index (χ1) is 10.5. The summed E-state index contributed by atoms with van der Waals surface area (Å²) in [6, 6.07) is 0. The summed E-state index contributed by atoms with van der Waals surface area (Å²) < 4.78 is 0.797. The number of rotatable bonds is 16. The third-order valence-corrected chi connectivity index (χ3v) is 4.54. The molecule has 0 N–H and O–H groups in total. The van der Waals surface area contributed by atoms with Crippen LogP contribution in [0.1, 0.15) is 90.4 Å². The highest BCUT2D eigenvalue weighted by atomic mass is 16.4. The summed E-state index contributed by atoms with van der Waals surface area (Å²) in [5.74, 6) is -0.930. The molecule has 0 amide bonds. The fraction of sp³-hybridized carbons (Fsp3) is 0.947. The molecule has 0 saturated carbocycles. The summed E-state index contributed by atoms with van der Waals surface area (Å²) in [6.45, 7) is 4.02. The highest BCUT2D eigenvalue weighted by Crippen LogP contribution is 2.12. The number of aliphatic carboxylic acids is 1. The number of carbonyl (C=O) groups excluding carboxylic acids is 1. The van der Waals surface area contributed by atoms with Crippen molar-refractivity contribution in [1.29, 1.82) is 0 Å². The Labute approximate surface area is 138 Å². The van der Waals surface area contributed by atoms with E-state index in [1.165, 1.54) is 77.0 Å². The molecule has 0 fully saturated rings. The number of unbranched alkanes of at least 4 members (excludes halogenated alkanes) is 11. The van der Waals surface area contributed by atoms with E-state index in [4.69, 9.17) is 0 Å². The van der Waals surface area contributed by atoms with Crippen LogP contribution < -0.4 is 5.11 Å². The normalized spacial score (nSPS) is 11.8. The first-order valence-electron chi connectivity index (χ1n) is 9.50. The molecular weight excluding hydrogens is 274 g/mol. The van der Waals surface area contributed by atoms with E-state index in [1.807, 2.05) is 0 Å². The fourth-order valence-corrected chi connectivity index (χ4v) is 2.89. The molecule has 0 aromatic rings. The first-order valence-corrected chi connectivity index (χ1v) is 9.50. The monoisotopic (exact) mass is 313 g/mol. The van der Waals surface area contributed by atoms with Gasteiger partial charge in [-0.15, -0.1) is 0 Å². The number of hydrogen-bond acceptors (Lipinski definition) is 2. The third kappa shape index (κ3) is 15.8. The van der Waals surface area contributed by atoms with Crippen molar-refractivity contribution < 1.29 is 14.4 Å². The summed E-state index contributed by atoms with van der Waals surface area (Å²) in [7, 11) is 4.23. The molecule has 3 heteroatoms. The Morgan fingerprint density at radius 2 is 1.14 bits per heavy atom. The van der Waals surface area contributed by atoms with Crippen molar-refractivity contribution in [3.63, 3.8) is 0 Å². The van der Waals surface area contributed by atoms with Crippen molar-refractivity contribution in [3.8, 4) is 0 Å². The van der Waals surface area contributed by atoms with Gasteiger partial charge in [-0.1, -0.05) is 71.1 Å². The molecule has 0 heterocycles. The number of hydrogen-bond donors (Lipinski definition) is 0. The summed E-state index contributed by atoms with van der Waals surface area (Å²) in [5, 5.41) is 10.5. The molecule has 0 spiro atoms. The smallest absolute Gasteiger partial charge is 0.0835 e. The molecule has 132 valence electrons. The Balaban J connectivity index is 3.27. The highest BCUT2D eigenvalue weighted by molar-refractivity contribution is 5.64. The second kappa shape index (κ2) is 14.0. The lowest BCUT2D eigenvalue weighted by Crippen LogP contribution is -2.43. The standard InChI is InChI=1S/C19H39NO2/c1-4-5-6-7-8-9-10-11-12-13-14-15-17-20(2,3)18-16-19(21)22/h4-18H2,1-3H3. The predicted octanol–water partition coefficient (Wildman–Crippen LogP) is 3.90. The Hall–Kier alpha value is -0.570. The van der Waals surface area contributed by atoms with Crippen LogP contribution in [-0.2, 0) is 4.79 Å². The van der Waals surface area contributed by atoms with Crippen LogP contribution in [0, 0.1) is 0 Å². The first kappa shape index (κ1) is 21.4. The maximum absolute atomic E-state index is 10.5. The minimum atomic E-state index is -0.930. The number of quaternary nitrogens is 1. The van der Waals surface area contributed by atoms with Gasteiger partial charge >= 0.3 is 0 Å². The molecule has 0 aliphatic carbocycles. The van der Waals surface area contributed by atoms with E-state index in [0.29, 0.717) is 6.54 Å². The van der Waals surface area contributed by atoms with Crippen LogP contribution in [0.15, 0.2) is 0 Å². The summed E-state index contributed by atoms with van der Waals surface area (Å²) in [6.07, 6.45) is 16.6. The minimum absolute atomic E-state index is 0.172. The Morgan fingerprint density at radius 3 is 1.55 bits per heavy atom. The average Bonchev–Trinajstić information content (AvgIpc) is 2.46. The van der Waals surface area contributed by atoms with Crippen LogP contribution >= 0.6 is 0 Å². The van der Waals surface area contributed by atoms with Crippen molar-refractivity contribution in [2.45, 2.75) is 90.4 Å². The second-order valence-corrected chi connectivity index (χ2v) is 7.39. The molecule has 0 aliphatic rings. The van der Waals surface area contributed by atoms with E-state index < -0.39 is 5.97 Å². The van der Waals surface area contributed by atoms with E-state index in [1.54, 1.807) is 0 Å². The van der Waals surface area contributed by atoms with Gasteiger partial charge in [0.15, 0.2) is 0 Å². The zero-order valence-corrected chi connectivity index (χ0v) is 15.4. The number of carboxylic acid groups (broad SMARTS) is 1. The lowest BCUT2D eigenvalue weighted by Gasteiger charge is -2.30. The molecule has 0 atom stereocenters. The van der Waals surface area contributed by atoms with Crippen LogP contribution in [0.5, 0.6) is 0 Å². The van der Waals surface area contributed by atoms with Gasteiger partial charge in [0.05, 0.1) is 27.2 Å². The van der Waals surface area contributed by atoms with E-state index in [9.17, 15) is 9.90 Å². The summed E-state index contributed by atoms with van der Waals surface area (Å²) in [5.41, 5.74) is 0. The molecule has 0 bridgehead atoms. The lowest BCUT2D eigenvalue weighted by molar-refractivity contribution is -0.890. The van der Waals surface area contributed by atoms with Gasteiger partial charge in [-0.3, -0.25) is 0 Å². The summed E-state index contributed by atoms with van der Waals surface area (Å²) >= 11 is 0. The van der Waals surface area contributed by atoms with E-state index in [0.717, 1.165) is 11.0 Å². The van der Waals surface area contributed by atoms with Crippen LogP contribution in [0.2, 0.25) is 0 Å². The number of nitrogens with zero attached hydrogens (tertiary/aromatic N) is 1. The SMILES string of the molecule is CCCCCCCCCCCCCC[N+](C)(C)CCC(=O)[O-]. The molecule has 0 aromatic heterocycles. The molecule has 22 heavy (non-hydrogen) atoms.